The summed E-state index contributed by atoms with van der Waals surface area (Å²) in [5, 5.41) is 5.98. The SMILES string of the molecule is CNc1ccccc1C(=O)NCc1ccccc1C. The molecule has 3 heteroatoms. The molecule has 2 rings (SSSR count). The minimum atomic E-state index is -0.0618. The van der Waals surface area contributed by atoms with Crippen LogP contribution in [0, 0.1) is 6.92 Å². The van der Waals surface area contributed by atoms with E-state index in [-0.39, 0.29) is 5.91 Å². The molecule has 98 valence electrons. The quantitative estimate of drug-likeness (QED) is 0.880. The van der Waals surface area contributed by atoms with Gasteiger partial charge in [-0.15, -0.1) is 0 Å². The van der Waals surface area contributed by atoms with E-state index in [4.69, 9.17) is 0 Å². The third-order valence-corrected chi connectivity index (χ3v) is 3.14. The van der Waals surface area contributed by atoms with Gasteiger partial charge in [0.2, 0.25) is 0 Å². The van der Waals surface area contributed by atoms with Crippen LogP contribution in [0.25, 0.3) is 0 Å². The number of nitrogens with one attached hydrogen (secondary N) is 2. The summed E-state index contributed by atoms with van der Waals surface area (Å²) in [5.74, 6) is -0.0618. The van der Waals surface area contributed by atoms with Gasteiger partial charge < -0.3 is 10.6 Å². The Kier molecular flexibility index (Phi) is 4.18. The molecule has 0 aliphatic rings. The highest BCUT2D eigenvalue weighted by molar-refractivity contribution is 5.99. The summed E-state index contributed by atoms with van der Waals surface area (Å²) in [5.41, 5.74) is 3.82. The molecule has 19 heavy (non-hydrogen) atoms. The largest absolute Gasteiger partial charge is 0.387 e. The standard InChI is InChI=1S/C16H18N2O/c1-12-7-3-4-8-13(12)11-18-16(19)14-9-5-6-10-15(14)17-2/h3-10,17H,11H2,1-2H3,(H,18,19). The smallest absolute Gasteiger partial charge is 0.253 e. The Morgan fingerprint density at radius 1 is 1.05 bits per heavy atom. The number of rotatable bonds is 4. The molecule has 0 aliphatic carbocycles. The van der Waals surface area contributed by atoms with Gasteiger partial charge in [0, 0.05) is 19.3 Å². The highest BCUT2D eigenvalue weighted by atomic mass is 16.1. The van der Waals surface area contributed by atoms with E-state index in [1.807, 2.05) is 62.5 Å². The van der Waals surface area contributed by atoms with E-state index in [1.54, 1.807) is 0 Å². The van der Waals surface area contributed by atoms with Gasteiger partial charge >= 0.3 is 0 Å². The van der Waals surface area contributed by atoms with Gasteiger partial charge in [-0.3, -0.25) is 4.79 Å². The zero-order valence-corrected chi connectivity index (χ0v) is 11.2. The molecule has 0 aromatic heterocycles. The summed E-state index contributed by atoms with van der Waals surface area (Å²) in [7, 11) is 1.81. The second-order valence-electron chi connectivity index (χ2n) is 4.40. The summed E-state index contributed by atoms with van der Waals surface area (Å²) in [6.45, 7) is 2.59. The average Bonchev–Trinajstić information content (AvgIpc) is 2.46. The minimum Gasteiger partial charge on any atom is -0.387 e. The van der Waals surface area contributed by atoms with Crippen LogP contribution in [0.3, 0.4) is 0 Å². The van der Waals surface area contributed by atoms with Crippen molar-refractivity contribution in [3.05, 3.63) is 65.2 Å². The summed E-state index contributed by atoms with van der Waals surface area (Å²) in [6.07, 6.45) is 0. The fraction of sp³-hybridized carbons (Fsp3) is 0.188. The molecule has 0 spiro atoms. The van der Waals surface area contributed by atoms with E-state index < -0.39 is 0 Å². The Hall–Kier alpha value is -2.29. The predicted molar refractivity (Wildman–Crippen MR) is 78.3 cm³/mol. The van der Waals surface area contributed by atoms with Crippen molar-refractivity contribution in [3.8, 4) is 0 Å². The summed E-state index contributed by atoms with van der Waals surface area (Å²) < 4.78 is 0. The Balaban J connectivity index is 2.08. The lowest BCUT2D eigenvalue weighted by Crippen LogP contribution is -2.24. The lowest BCUT2D eigenvalue weighted by molar-refractivity contribution is 0.0951. The molecule has 2 N–H and O–H groups in total. The van der Waals surface area contributed by atoms with Crippen LogP contribution in [0.1, 0.15) is 21.5 Å². The molecule has 0 heterocycles. The van der Waals surface area contributed by atoms with Gasteiger partial charge in [0.1, 0.15) is 0 Å². The van der Waals surface area contributed by atoms with Gasteiger partial charge in [-0.1, -0.05) is 36.4 Å². The van der Waals surface area contributed by atoms with Crippen molar-refractivity contribution in [2.24, 2.45) is 0 Å². The zero-order chi connectivity index (χ0) is 13.7. The van der Waals surface area contributed by atoms with Crippen molar-refractivity contribution in [1.82, 2.24) is 5.32 Å². The van der Waals surface area contributed by atoms with Crippen LogP contribution in [-0.2, 0) is 6.54 Å². The lowest BCUT2D eigenvalue weighted by atomic mass is 10.1. The van der Waals surface area contributed by atoms with Crippen molar-refractivity contribution >= 4 is 11.6 Å². The number of carbonyl (C=O) groups excluding carboxylic acids is 1. The number of hydrogen-bond acceptors (Lipinski definition) is 2. The first-order valence-electron chi connectivity index (χ1n) is 6.32. The molecule has 0 unspecified atom stereocenters. The molecular weight excluding hydrogens is 236 g/mol. The highest BCUT2D eigenvalue weighted by Gasteiger charge is 2.09. The van der Waals surface area contributed by atoms with Gasteiger partial charge in [-0.25, -0.2) is 0 Å². The predicted octanol–water partition coefficient (Wildman–Crippen LogP) is 2.97. The molecule has 1 amide bonds. The number of amides is 1. The highest BCUT2D eigenvalue weighted by Crippen LogP contribution is 2.14. The molecule has 2 aromatic rings. The number of hydrogen-bond donors (Lipinski definition) is 2. The van der Waals surface area contributed by atoms with Crippen LogP contribution in [0.2, 0.25) is 0 Å². The van der Waals surface area contributed by atoms with Gasteiger partial charge in [0.15, 0.2) is 0 Å². The van der Waals surface area contributed by atoms with E-state index in [0.29, 0.717) is 12.1 Å². The molecule has 0 aliphatic heterocycles. The molecule has 0 bridgehead atoms. The molecule has 0 fully saturated rings. The van der Waals surface area contributed by atoms with Crippen molar-refractivity contribution < 1.29 is 4.79 Å². The molecule has 2 aromatic carbocycles. The van der Waals surface area contributed by atoms with Gasteiger partial charge in [0.25, 0.3) is 5.91 Å². The average molecular weight is 254 g/mol. The lowest BCUT2D eigenvalue weighted by Gasteiger charge is -2.10. The Bertz CT molecular complexity index is 578. The number of carbonyl (C=O) groups is 1. The second-order valence-corrected chi connectivity index (χ2v) is 4.40. The molecule has 0 radical (unpaired) electrons. The molecule has 0 saturated carbocycles. The van der Waals surface area contributed by atoms with Crippen molar-refractivity contribution in [2.45, 2.75) is 13.5 Å². The van der Waals surface area contributed by atoms with E-state index in [2.05, 4.69) is 10.6 Å². The molecule has 3 nitrogen and oxygen atoms in total. The third-order valence-electron chi connectivity index (χ3n) is 3.14. The van der Waals surface area contributed by atoms with E-state index >= 15 is 0 Å². The molecular formula is C16H18N2O. The van der Waals surface area contributed by atoms with Gasteiger partial charge in [0.05, 0.1) is 5.56 Å². The number of benzene rings is 2. The van der Waals surface area contributed by atoms with Crippen molar-refractivity contribution in [3.63, 3.8) is 0 Å². The maximum absolute atomic E-state index is 12.2. The zero-order valence-electron chi connectivity index (χ0n) is 11.2. The van der Waals surface area contributed by atoms with Gasteiger partial charge in [-0.05, 0) is 30.2 Å². The van der Waals surface area contributed by atoms with Crippen LogP contribution < -0.4 is 10.6 Å². The van der Waals surface area contributed by atoms with Crippen LogP contribution in [0.5, 0.6) is 0 Å². The van der Waals surface area contributed by atoms with Crippen LogP contribution >= 0.6 is 0 Å². The van der Waals surface area contributed by atoms with Crippen LogP contribution in [0.15, 0.2) is 48.5 Å². The topological polar surface area (TPSA) is 41.1 Å². The fourth-order valence-corrected chi connectivity index (χ4v) is 1.98. The normalized spacial score (nSPS) is 10.0. The fourth-order valence-electron chi connectivity index (χ4n) is 1.98. The Labute approximate surface area is 113 Å². The summed E-state index contributed by atoms with van der Waals surface area (Å²) >= 11 is 0. The van der Waals surface area contributed by atoms with E-state index in [9.17, 15) is 4.79 Å². The van der Waals surface area contributed by atoms with Crippen molar-refractivity contribution in [2.75, 3.05) is 12.4 Å². The Morgan fingerprint density at radius 3 is 2.47 bits per heavy atom. The maximum atomic E-state index is 12.2. The Morgan fingerprint density at radius 2 is 1.74 bits per heavy atom. The summed E-state index contributed by atoms with van der Waals surface area (Å²) in [4.78, 5) is 12.2. The van der Waals surface area contributed by atoms with Gasteiger partial charge in [-0.2, -0.15) is 0 Å². The molecule has 0 atom stereocenters. The number of anilines is 1. The first-order chi connectivity index (χ1) is 9.22. The number of aryl methyl sites for hydroxylation is 1. The first kappa shape index (κ1) is 13.1. The van der Waals surface area contributed by atoms with Crippen molar-refractivity contribution in [1.29, 1.82) is 0 Å². The third kappa shape index (κ3) is 3.13. The van der Waals surface area contributed by atoms with Crippen LogP contribution in [-0.4, -0.2) is 13.0 Å². The first-order valence-corrected chi connectivity index (χ1v) is 6.32. The monoisotopic (exact) mass is 254 g/mol. The molecule has 0 saturated heterocycles. The van der Waals surface area contributed by atoms with E-state index in [1.165, 1.54) is 5.56 Å². The van der Waals surface area contributed by atoms with Crippen LogP contribution in [0.4, 0.5) is 5.69 Å². The summed E-state index contributed by atoms with van der Waals surface area (Å²) in [6, 6.07) is 15.5. The number of para-hydroxylation sites is 1. The maximum Gasteiger partial charge on any atom is 0.253 e. The van der Waals surface area contributed by atoms with E-state index in [0.717, 1.165) is 11.3 Å². The second kappa shape index (κ2) is 6.05. The minimum absolute atomic E-state index is 0.0618.